The first kappa shape index (κ1) is 19.6. The Hall–Kier alpha value is -2.72. The number of amides is 1. The molecule has 2 aliphatic rings. The number of benzene rings is 1. The van der Waals surface area contributed by atoms with Gasteiger partial charge in [-0.1, -0.05) is 18.7 Å². The molecule has 1 aromatic carbocycles. The Morgan fingerprint density at radius 1 is 1.31 bits per heavy atom. The number of carbonyl (C=O) groups is 1. The van der Waals surface area contributed by atoms with E-state index < -0.39 is 5.25 Å². The number of hydrogen-bond acceptors (Lipinski definition) is 6. The summed E-state index contributed by atoms with van der Waals surface area (Å²) < 4.78 is 11.1. The predicted octanol–water partition coefficient (Wildman–Crippen LogP) is 3.97. The largest absolute Gasteiger partial charge is 0.486 e. The number of anilines is 1. The highest BCUT2D eigenvalue weighted by Crippen LogP contribution is 2.34. The van der Waals surface area contributed by atoms with Crippen molar-refractivity contribution < 1.29 is 14.3 Å². The summed E-state index contributed by atoms with van der Waals surface area (Å²) in [5.74, 6) is 1.78. The Labute approximate surface area is 174 Å². The molecule has 6 nitrogen and oxygen atoms in total. The Balaban J connectivity index is 1.47. The molecule has 2 atom stereocenters. The number of thioether (sulfide) groups is 1. The first-order valence-corrected chi connectivity index (χ1v) is 10.7. The molecule has 2 heterocycles. The maximum Gasteiger partial charge on any atom is 0.237 e. The fourth-order valence-electron chi connectivity index (χ4n) is 3.58. The summed E-state index contributed by atoms with van der Waals surface area (Å²) in [6.45, 7) is 5.07. The maximum atomic E-state index is 12.7. The summed E-state index contributed by atoms with van der Waals surface area (Å²) in [7, 11) is 0. The summed E-state index contributed by atoms with van der Waals surface area (Å²) in [5.41, 5.74) is 3.42. The SMILES string of the molecule is CC1CCc2nc(SC(C)C(=O)Nc3ccc4c(c3)OCCO4)c(C#N)cc2C1. The van der Waals surface area contributed by atoms with Crippen molar-refractivity contribution >= 4 is 23.4 Å². The van der Waals surface area contributed by atoms with Gasteiger partial charge in [0.05, 0.1) is 10.8 Å². The van der Waals surface area contributed by atoms with Gasteiger partial charge < -0.3 is 14.8 Å². The van der Waals surface area contributed by atoms with E-state index in [2.05, 4.69) is 18.3 Å². The zero-order valence-corrected chi connectivity index (χ0v) is 17.3. The van der Waals surface area contributed by atoms with Gasteiger partial charge in [0, 0.05) is 17.4 Å². The molecular formula is C22H23N3O3S. The minimum atomic E-state index is -0.400. The fraction of sp³-hybridized carbons (Fsp3) is 0.409. The summed E-state index contributed by atoms with van der Waals surface area (Å²) in [6, 6.07) is 9.55. The number of fused-ring (bicyclic) bond motifs is 2. The van der Waals surface area contributed by atoms with Crippen molar-refractivity contribution in [3.05, 3.63) is 41.1 Å². The number of carbonyl (C=O) groups excluding carboxylic acids is 1. The van der Waals surface area contributed by atoms with Crippen molar-refractivity contribution in [3.8, 4) is 17.6 Å². The first-order valence-electron chi connectivity index (χ1n) is 9.83. The van der Waals surface area contributed by atoms with Gasteiger partial charge in [-0.15, -0.1) is 0 Å². The molecule has 150 valence electrons. The van der Waals surface area contributed by atoms with Crippen molar-refractivity contribution in [1.82, 2.24) is 4.98 Å². The van der Waals surface area contributed by atoms with Gasteiger partial charge in [0.25, 0.3) is 0 Å². The van der Waals surface area contributed by atoms with E-state index in [1.807, 2.05) is 13.0 Å². The van der Waals surface area contributed by atoms with E-state index in [9.17, 15) is 10.1 Å². The molecule has 1 aliphatic heterocycles. The molecule has 2 aromatic rings. The first-order chi connectivity index (χ1) is 14.0. The van der Waals surface area contributed by atoms with Gasteiger partial charge in [-0.05, 0) is 55.9 Å². The van der Waals surface area contributed by atoms with E-state index in [1.54, 1.807) is 18.2 Å². The van der Waals surface area contributed by atoms with Crippen LogP contribution in [-0.4, -0.2) is 29.4 Å². The third-order valence-electron chi connectivity index (χ3n) is 5.19. The third kappa shape index (κ3) is 4.33. The summed E-state index contributed by atoms with van der Waals surface area (Å²) in [4.78, 5) is 17.4. The van der Waals surface area contributed by atoms with Gasteiger partial charge in [0.15, 0.2) is 11.5 Å². The van der Waals surface area contributed by atoms with Crippen molar-refractivity contribution in [2.24, 2.45) is 5.92 Å². The number of nitrogens with one attached hydrogen (secondary N) is 1. The average Bonchev–Trinajstić information content (AvgIpc) is 2.73. The molecule has 1 aromatic heterocycles. The van der Waals surface area contributed by atoms with Crippen LogP contribution in [0.5, 0.6) is 11.5 Å². The highest BCUT2D eigenvalue weighted by molar-refractivity contribution is 8.00. The fourth-order valence-corrected chi connectivity index (χ4v) is 4.48. The molecule has 1 amide bonds. The van der Waals surface area contributed by atoms with Crippen LogP contribution in [0.25, 0.3) is 0 Å². The van der Waals surface area contributed by atoms with Gasteiger partial charge in [-0.3, -0.25) is 4.79 Å². The maximum absolute atomic E-state index is 12.7. The molecule has 7 heteroatoms. The Kier molecular flexibility index (Phi) is 5.63. The molecule has 0 saturated heterocycles. The average molecular weight is 410 g/mol. The Morgan fingerprint density at radius 2 is 2.10 bits per heavy atom. The third-order valence-corrected chi connectivity index (χ3v) is 6.29. The molecule has 0 saturated carbocycles. The molecular weight excluding hydrogens is 386 g/mol. The number of nitrogens with zero attached hydrogens (tertiary/aromatic N) is 2. The molecule has 29 heavy (non-hydrogen) atoms. The summed E-state index contributed by atoms with van der Waals surface area (Å²) in [5, 5.41) is 12.7. The normalized spacial score (nSPS) is 18.3. The van der Waals surface area contributed by atoms with Crippen molar-refractivity contribution in [2.45, 2.75) is 43.4 Å². The lowest BCUT2D eigenvalue weighted by molar-refractivity contribution is -0.115. The second-order valence-corrected chi connectivity index (χ2v) is 8.84. The van der Waals surface area contributed by atoms with E-state index in [0.717, 1.165) is 30.5 Å². The van der Waals surface area contributed by atoms with Crippen LogP contribution in [0.15, 0.2) is 29.3 Å². The number of rotatable bonds is 4. The van der Waals surface area contributed by atoms with Gasteiger partial charge >= 0.3 is 0 Å². The van der Waals surface area contributed by atoms with Crippen LogP contribution in [0.2, 0.25) is 0 Å². The standard InChI is InChI=1S/C22H23N3O3S/c1-13-3-5-18-15(9-13)10-16(12-23)22(25-18)29-14(2)21(26)24-17-4-6-19-20(11-17)28-8-7-27-19/h4,6,10-11,13-14H,3,5,7-9H2,1-2H3,(H,24,26). The zero-order valence-electron chi connectivity index (χ0n) is 16.5. The number of aryl methyl sites for hydroxylation is 1. The molecule has 0 fully saturated rings. The lowest BCUT2D eigenvalue weighted by Gasteiger charge is -2.22. The minimum Gasteiger partial charge on any atom is -0.486 e. The van der Waals surface area contributed by atoms with E-state index in [1.165, 1.54) is 11.8 Å². The van der Waals surface area contributed by atoms with Crippen LogP contribution >= 0.6 is 11.8 Å². The van der Waals surface area contributed by atoms with Crippen molar-refractivity contribution in [1.29, 1.82) is 5.26 Å². The second-order valence-electron chi connectivity index (χ2n) is 7.51. The second kappa shape index (κ2) is 8.34. The molecule has 0 spiro atoms. The van der Waals surface area contributed by atoms with E-state index in [-0.39, 0.29) is 5.91 Å². The van der Waals surface area contributed by atoms with Crippen molar-refractivity contribution in [2.75, 3.05) is 18.5 Å². The summed E-state index contributed by atoms with van der Waals surface area (Å²) in [6.07, 6.45) is 2.99. The lowest BCUT2D eigenvalue weighted by Crippen LogP contribution is -2.23. The highest BCUT2D eigenvalue weighted by Gasteiger charge is 2.23. The lowest BCUT2D eigenvalue weighted by atomic mass is 9.87. The molecule has 2 unspecified atom stereocenters. The van der Waals surface area contributed by atoms with Crippen LogP contribution in [-0.2, 0) is 17.6 Å². The van der Waals surface area contributed by atoms with Crippen molar-refractivity contribution in [3.63, 3.8) is 0 Å². The molecule has 0 bridgehead atoms. The van der Waals surface area contributed by atoms with E-state index in [0.29, 0.717) is 46.9 Å². The smallest absolute Gasteiger partial charge is 0.237 e. The van der Waals surface area contributed by atoms with Gasteiger partial charge in [-0.25, -0.2) is 4.98 Å². The summed E-state index contributed by atoms with van der Waals surface area (Å²) >= 11 is 1.32. The Morgan fingerprint density at radius 3 is 2.90 bits per heavy atom. The number of hydrogen-bond donors (Lipinski definition) is 1. The number of pyridine rings is 1. The zero-order chi connectivity index (χ0) is 20.4. The van der Waals surface area contributed by atoms with Crippen LogP contribution < -0.4 is 14.8 Å². The van der Waals surface area contributed by atoms with Gasteiger partial charge in [-0.2, -0.15) is 5.26 Å². The van der Waals surface area contributed by atoms with Crippen LogP contribution in [0.3, 0.4) is 0 Å². The topological polar surface area (TPSA) is 84.2 Å². The molecule has 1 N–H and O–H groups in total. The highest BCUT2D eigenvalue weighted by atomic mass is 32.2. The molecule has 4 rings (SSSR count). The van der Waals surface area contributed by atoms with E-state index in [4.69, 9.17) is 14.5 Å². The Bertz CT molecular complexity index is 986. The van der Waals surface area contributed by atoms with Crippen LogP contribution in [0.4, 0.5) is 5.69 Å². The monoisotopic (exact) mass is 409 g/mol. The van der Waals surface area contributed by atoms with E-state index >= 15 is 0 Å². The predicted molar refractivity (Wildman–Crippen MR) is 112 cm³/mol. The number of nitriles is 1. The number of ether oxygens (including phenoxy) is 2. The van der Waals surface area contributed by atoms with Crippen LogP contribution in [0.1, 0.15) is 37.1 Å². The van der Waals surface area contributed by atoms with Crippen LogP contribution in [0, 0.1) is 17.2 Å². The molecule has 1 aliphatic carbocycles. The van der Waals surface area contributed by atoms with Gasteiger partial charge in [0.1, 0.15) is 24.3 Å². The number of aromatic nitrogens is 1. The molecule has 0 radical (unpaired) electrons. The quantitative estimate of drug-likeness (QED) is 0.769. The van der Waals surface area contributed by atoms with Gasteiger partial charge in [0.2, 0.25) is 5.91 Å². The minimum absolute atomic E-state index is 0.149.